The second-order valence-corrected chi connectivity index (χ2v) is 19.4. The lowest BCUT2D eigenvalue weighted by molar-refractivity contribution is 0.0443. The topological polar surface area (TPSA) is 161 Å². The van der Waals surface area contributed by atoms with E-state index in [1.54, 1.807) is 0 Å². The maximum Gasteiger partial charge on any atom is 0.212 e. The van der Waals surface area contributed by atoms with Crippen LogP contribution in [0.2, 0.25) is 0 Å². The summed E-state index contributed by atoms with van der Waals surface area (Å²) in [4.78, 5) is 0. The smallest absolute Gasteiger partial charge is 0.212 e. The molecule has 0 radical (unpaired) electrons. The number of fused-ring (bicyclic) bond motifs is 2. The van der Waals surface area contributed by atoms with E-state index in [0.717, 1.165) is 173 Å². The summed E-state index contributed by atoms with van der Waals surface area (Å²) >= 11 is 0. The van der Waals surface area contributed by atoms with Crippen LogP contribution in [0.4, 0.5) is 0 Å². The molecule has 16 heteroatoms. The molecule has 0 spiro atoms. The van der Waals surface area contributed by atoms with Crippen molar-refractivity contribution in [2.45, 2.75) is 206 Å². The predicted molar refractivity (Wildman–Crippen MR) is 281 cm³/mol. The number of hydrogen-bond donors (Lipinski definition) is 0. The SMILES string of the molecule is CCOC1OC1OCCCCCCCOc1cc2cc3cc(OCCCCCCCOC4OC4OCC)c(OCCCCCCCOC4OC4OCC)cc3cc2cc1OCCCCCCCOC1OC1OCC. The molecule has 8 atom stereocenters. The second-order valence-electron chi connectivity index (χ2n) is 19.4. The zero-order valence-electron chi connectivity index (χ0n) is 45.2. The van der Waals surface area contributed by atoms with Gasteiger partial charge in [0.1, 0.15) is 0 Å². The summed E-state index contributed by atoms with van der Waals surface area (Å²) in [5.74, 6) is 3.12. The zero-order valence-corrected chi connectivity index (χ0v) is 45.2. The first kappa shape index (κ1) is 58.6. The molecule has 4 fully saturated rings. The standard InChI is InChI=1S/C58H90O16/c1-5-59-51-55(71-51)67-33-25-17-9-13-21-29-63-47-39-43-37-45-41-49(65-31-23-15-11-19-27-35-69-57-53(73-57)61-7-3)50(66-32-24-16-12-20-28-36-70-58-54(74-58)62-8-4)42-46(45)38-44(43)40-48(47)64-30-22-14-10-18-26-34-68-56-52(72-56)60-6-2/h37-42,51-58H,5-36H2,1-4H3. The predicted octanol–water partition coefficient (Wildman–Crippen LogP) is 12.3. The maximum absolute atomic E-state index is 6.53. The highest BCUT2D eigenvalue weighted by Crippen LogP contribution is 2.39. The summed E-state index contributed by atoms with van der Waals surface area (Å²) < 4.78 is 92.3. The molecule has 4 aliphatic heterocycles. The highest BCUT2D eigenvalue weighted by atomic mass is 16.9. The van der Waals surface area contributed by atoms with Crippen molar-refractivity contribution in [3.05, 3.63) is 36.4 Å². The molecule has 8 unspecified atom stereocenters. The zero-order chi connectivity index (χ0) is 51.4. The van der Waals surface area contributed by atoms with E-state index in [1.807, 2.05) is 27.7 Å². The van der Waals surface area contributed by atoms with Crippen molar-refractivity contribution in [2.75, 3.05) is 79.3 Å². The van der Waals surface area contributed by atoms with Crippen LogP contribution in [-0.4, -0.2) is 130 Å². The number of rotatable bonds is 48. The van der Waals surface area contributed by atoms with Crippen LogP contribution in [0.5, 0.6) is 23.0 Å². The average Bonchev–Trinajstić information content (AvgIpc) is 4.23. The molecule has 0 aliphatic carbocycles. The Labute approximate surface area is 441 Å². The maximum atomic E-state index is 6.53. The van der Waals surface area contributed by atoms with Gasteiger partial charge in [-0.05, 0) is 137 Å². The summed E-state index contributed by atoms with van der Waals surface area (Å²) in [6, 6.07) is 13.0. The summed E-state index contributed by atoms with van der Waals surface area (Å²) in [7, 11) is 0. The van der Waals surface area contributed by atoms with Crippen LogP contribution in [0.15, 0.2) is 36.4 Å². The van der Waals surface area contributed by atoms with Gasteiger partial charge in [-0.2, -0.15) is 0 Å². The Balaban J connectivity index is 0.909. The lowest BCUT2D eigenvalue weighted by Gasteiger charge is -2.17. The van der Waals surface area contributed by atoms with Gasteiger partial charge in [-0.1, -0.05) is 77.0 Å². The van der Waals surface area contributed by atoms with Crippen LogP contribution >= 0.6 is 0 Å². The van der Waals surface area contributed by atoms with E-state index in [2.05, 4.69) is 36.4 Å². The van der Waals surface area contributed by atoms with Gasteiger partial charge in [-0.3, -0.25) is 0 Å². The third kappa shape index (κ3) is 21.7. The first-order chi connectivity index (χ1) is 36.6. The van der Waals surface area contributed by atoms with Gasteiger partial charge in [-0.25, -0.2) is 0 Å². The molecule has 0 saturated carbocycles. The number of hydrogen-bond acceptors (Lipinski definition) is 16. The molecular weight excluding hydrogens is 953 g/mol. The fourth-order valence-electron chi connectivity index (χ4n) is 8.88. The van der Waals surface area contributed by atoms with Crippen LogP contribution in [0.25, 0.3) is 21.5 Å². The highest BCUT2D eigenvalue weighted by Gasteiger charge is 2.43. The van der Waals surface area contributed by atoms with Crippen LogP contribution < -0.4 is 18.9 Å². The van der Waals surface area contributed by atoms with Gasteiger partial charge >= 0.3 is 0 Å². The Morgan fingerprint density at radius 2 is 0.432 bits per heavy atom. The van der Waals surface area contributed by atoms with Crippen molar-refractivity contribution in [3.8, 4) is 23.0 Å². The van der Waals surface area contributed by atoms with Crippen LogP contribution in [0.3, 0.4) is 0 Å². The van der Waals surface area contributed by atoms with Crippen molar-refractivity contribution < 1.29 is 75.8 Å². The molecule has 4 saturated heterocycles. The first-order valence-electron chi connectivity index (χ1n) is 28.7. The molecule has 3 aromatic carbocycles. The number of unbranched alkanes of at least 4 members (excludes halogenated alkanes) is 16. The van der Waals surface area contributed by atoms with Crippen molar-refractivity contribution in [1.82, 2.24) is 0 Å². The minimum absolute atomic E-state index is 0.190. The third-order valence-electron chi connectivity index (χ3n) is 13.2. The Kier molecular flexibility index (Phi) is 26.9. The van der Waals surface area contributed by atoms with Crippen LogP contribution in [0.1, 0.15) is 156 Å². The van der Waals surface area contributed by atoms with Gasteiger partial charge in [-0.15, -0.1) is 0 Å². The fraction of sp³-hybridized carbons (Fsp3) is 0.759. The highest BCUT2D eigenvalue weighted by molar-refractivity contribution is 6.00. The monoisotopic (exact) mass is 1040 g/mol. The Hall–Kier alpha value is -3.10. The summed E-state index contributed by atoms with van der Waals surface area (Å²) in [5, 5.41) is 4.36. The van der Waals surface area contributed by atoms with Gasteiger partial charge < -0.3 is 75.8 Å². The van der Waals surface area contributed by atoms with Crippen molar-refractivity contribution in [2.24, 2.45) is 0 Å². The van der Waals surface area contributed by atoms with E-state index in [1.165, 1.54) is 0 Å². The van der Waals surface area contributed by atoms with E-state index in [9.17, 15) is 0 Å². The quantitative estimate of drug-likeness (QED) is 0.0298. The van der Waals surface area contributed by atoms with Crippen molar-refractivity contribution in [1.29, 1.82) is 0 Å². The lowest BCUT2D eigenvalue weighted by atomic mass is 10.0. The molecule has 0 aromatic heterocycles. The molecular formula is C58H90O16. The molecule has 74 heavy (non-hydrogen) atoms. The fourth-order valence-corrected chi connectivity index (χ4v) is 8.88. The van der Waals surface area contributed by atoms with E-state index in [0.29, 0.717) is 79.3 Å². The number of epoxide rings is 4. The molecule has 3 aromatic rings. The molecule has 0 bridgehead atoms. The van der Waals surface area contributed by atoms with Gasteiger partial charge in [0.25, 0.3) is 0 Å². The molecule has 418 valence electrons. The van der Waals surface area contributed by atoms with E-state index < -0.39 is 0 Å². The van der Waals surface area contributed by atoms with Crippen LogP contribution in [0, 0.1) is 0 Å². The third-order valence-corrected chi connectivity index (χ3v) is 13.2. The minimum atomic E-state index is -0.198. The van der Waals surface area contributed by atoms with Crippen LogP contribution in [-0.2, 0) is 56.8 Å². The molecule has 16 nitrogen and oxygen atoms in total. The molecule has 7 rings (SSSR count). The normalized spacial score (nSPS) is 22.6. The molecule has 0 amide bonds. The second kappa shape index (κ2) is 33.9. The molecule has 4 heterocycles. The number of ether oxygens (including phenoxy) is 16. The van der Waals surface area contributed by atoms with Gasteiger partial charge in [0, 0.05) is 52.9 Å². The van der Waals surface area contributed by atoms with Crippen molar-refractivity contribution in [3.63, 3.8) is 0 Å². The van der Waals surface area contributed by atoms with E-state index in [-0.39, 0.29) is 50.3 Å². The van der Waals surface area contributed by atoms with Gasteiger partial charge in [0.05, 0.1) is 26.4 Å². The Morgan fingerprint density at radius 1 is 0.243 bits per heavy atom. The molecule has 4 aliphatic rings. The van der Waals surface area contributed by atoms with E-state index in [4.69, 9.17) is 75.8 Å². The van der Waals surface area contributed by atoms with Gasteiger partial charge in [0.2, 0.25) is 50.3 Å². The summed E-state index contributed by atoms with van der Waals surface area (Å²) in [5.41, 5.74) is 0. The largest absolute Gasteiger partial charge is 0.490 e. The van der Waals surface area contributed by atoms with E-state index >= 15 is 0 Å². The average molecular weight is 1040 g/mol. The van der Waals surface area contributed by atoms with Crippen molar-refractivity contribution >= 4 is 21.5 Å². The van der Waals surface area contributed by atoms with Gasteiger partial charge in [0.15, 0.2) is 23.0 Å². The first-order valence-corrected chi connectivity index (χ1v) is 28.7. The Morgan fingerprint density at radius 3 is 0.649 bits per heavy atom. The summed E-state index contributed by atoms with van der Waals surface area (Å²) in [6.07, 6.45) is 19.5. The minimum Gasteiger partial charge on any atom is -0.490 e. The molecule has 0 N–H and O–H groups in total. The lowest BCUT2D eigenvalue weighted by Crippen LogP contribution is -2.05. The number of benzene rings is 3. The Bertz CT molecular complexity index is 1710. The summed E-state index contributed by atoms with van der Waals surface area (Å²) in [6.45, 7) is 15.6.